The summed E-state index contributed by atoms with van der Waals surface area (Å²) in [6.07, 6.45) is 3.64. The quantitative estimate of drug-likeness (QED) is 0.0863. The molecular weight excluding hydrogens is 1410 g/mol. The standard InChI is InChI=1S/C46H30N4.C34H31BN2O2.C18H11BrN2/c1-3-8-31(9-4-1)32-15-21-36(22-16-32)42-30-43(50-46(49-42)40-10-5-2-6-11-40)37-23-17-34(18-24-37)33-13-19-35(20-14-33)41-28-27-39-26-25-38-12-7-29-47-44(38)45(39)48-41;1-33(2)34(3,4)39-35(38-33)29-21-19-27(20-22-29)31-23-30(36-32(37-31)28-13-9-6-10-14-28)26-17-15-25(16-18-26)24-11-7-5-8-12-24;19-15-8-5-12(6-9-15)16-10-7-14-4-3-13-2-1-11-20-17(13)18(14)21-16/h1-30H;5-23H,1-4H3;1-11H. The van der Waals surface area contributed by atoms with E-state index in [-0.39, 0.29) is 11.2 Å². The van der Waals surface area contributed by atoms with Crippen LogP contribution in [0.3, 0.4) is 0 Å². The lowest BCUT2D eigenvalue weighted by Crippen LogP contribution is -2.41. The number of aromatic nitrogens is 8. The molecule has 12 aromatic carbocycles. The predicted octanol–water partition coefficient (Wildman–Crippen LogP) is 24.2. The molecule has 0 atom stereocenters. The van der Waals surface area contributed by atoms with Gasteiger partial charge in [0.25, 0.3) is 0 Å². The minimum absolute atomic E-state index is 0.376. The summed E-state index contributed by atoms with van der Waals surface area (Å²) in [7, 11) is -0.395. The predicted molar refractivity (Wildman–Crippen MR) is 455 cm³/mol. The second-order valence-electron chi connectivity index (χ2n) is 28.2. The van der Waals surface area contributed by atoms with Crippen molar-refractivity contribution in [2.24, 2.45) is 0 Å². The number of fused-ring (bicyclic) bond motifs is 6. The Morgan fingerprint density at radius 1 is 0.236 bits per heavy atom. The van der Waals surface area contributed by atoms with Crippen LogP contribution in [0.25, 0.3) is 167 Å². The van der Waals surface area contributed by atoms with Crippen molar-refractivity contribution < 1.29 is 9.31 Å². The SMILES string of the molecule is Brc1ccc(-c2ccc3ccc4cccnc4c3n2)cc1.CC1(C)OB(c2ccc(-c3cc(-c4ccc(-c5ccccc5)cc4)nc(-c4ccccc4)n3)cc2)OC1(C)C.c1ccc(-c2ccc(-c3cc(-c4ccc(-c5ccc(-c6ccc7ccc8cccnc8c7n6)cc5)cc4)nc(-c4ccccc4)n3)cc2)cc1. The minimum atomic E-state index is -0.395. The number of pyridine rings is 4. The number of benzene rings is 12. The van der Waals surface area contributed by atoms with Crippen molar-refractivity contribution in [1.82, 2.24) is 39.9 Å². The zero-order chi connectivity index (χ0) is 74.6. The van der Waals surface area contributed by atoms with Crippen LogP contribution < -0.4 is 5.46 Å². The second-order valence-corrected chi connectivity index (χ2v) is 29.1. The van der Waals surface area contributed by atoms with Gasteiger partial charge in [0.2, 0.25) is 0 Å². The van der Waals surface area contributed by atoms with E-state index in [9.17, 15) is 0 Å². The van der Waals surface area contributed by atoms with Gasteiger partial charge in [0.1, 0.15) is 0 Å². The maximum atomic E-state index is 6.24. The Labute approximate surface area is 648 Å². The maximum absolute atomic E-state index is 6.24. The molecule has 1 fully saturated rings. The summed E-state index contributed by atoms with van der Waals surface area (Å²) < 4.78 is 13.6. The Kier molecular flexibility index (Phi) is 19.5. The lowest BCUT2D eigenvalue weighted by molar-refractivity contribution is 0.00578. The Balaban J connectivity index is 0.000000130. The molecule has 0 N–H and O–H groups in total. The topological polar surface area (TPSA) is 122 Å². The fourth-order valence-electron chi connectivity index (χ4n) is 13.7. The third-order valence-electron chi connectivity index (χ3n) is 20.5. The summed E-state index contributed by atoms with van der Waals surface area (Å²) in [5, 5.41) is 4.41. The first-order valence-corrected chi connectivity index (χ1v) is 37.6. The summed E-state index contributed by atoms with van der Waals surface area (Å²) >= 11 is 3.46. The average molecular weight is 1480 g/mol. The van der Waals surface area contributed by atoms with Crippen LogP contribution in [-0.4, -0.2) is 58.2 Å². The normalized spacial score (nSPS) is 12.8. The molecule has 0 aliphatic carbocycles. The fourth-order valence-corrected chi connectivity index (χ4v) is 14.0. The van der Waals surface area contributed by atoms with Crippen molar-refractivity contribution in [3.8, 4) is 124 Å². The van der Waals surface area contributed by atoms with Crippen LogP contribution in [0.15, 0.2) is 369 Å². The number of hydrogen-bond acceptors (Lipinski definition) is 10. The monoisotopic (exact) mass is 1480 g/mol. The van der Waals surface area contributed by atoms with Crippen LogP contribution in [0.2, 0.25) is 0 Å². The van der Waals surface area contributed by atoms with Crippen molar-refractivity contribution in [2.45, 2.75) is 38.9 Å². The number of nitrogens with zero attached hydrogens (tertiary/aromatic N) is 8. The highest BCUT2D eigenvalue weighted by molar-refractivity contribution is 9.10. The van der Waals surface area contributed by atoms with Gasteiger partial charge in [-0.1, -0.05) is 319 Å². The lowest BCUT2D eigenvalue weighted by Gasteiger charge is -2.32. The van der Waals surface area contributed by atoms with Gasteiger partial charge in [-0.2, -0.15) is 0 Å². The second kappa shape index (κ2) is 30.6. The van der Waals surface area contributed by atoms with Crippen molar-refractivity contribution >= 4 is 72.1 Å². The van der Waals surface area contributed by atoms with Gasteiger partial charge in [0.15, 0.2) is 11.6 Å². The molecule has 526 valence electrons. The molecule has 7 heterocycles. The molecular formula is C98H72BBrN8O2. The molecule has 6 aromatic heterocycles. The highest BCUT2D eigenvalue weighted by Crippen LogP contribution is 2.39. The van der Waals surface area contributed by atoms with E-state index >= 15 is 0 Å². The van der Waals surface area contributed by atoms with E-state index in [1.54, 1.807) is 0 Å². The molecule has 10 nitrogen and oxygen atoms in total. The summed E-state index contributed by atoms with van der Waals surface area (Å²) in [6.45, 7) is 8.28. The van der Waals surface area contributed by atoms with Gasteiger partial charge in [0.05, 0.1) is 67.4 Å². The van der Waals surface area contributed by atoms with Gasteiger partial charge < -0.3 is 9.31 Å². The molecule has 12 heteroatoms. The van der Waals surface area contributed by atoms with E-state index in [1.807, 2.05) is 97.3 Å². The smallest absolute Gasteiger partial charge is 0.399 e. The summed E-state index contributed by atoms with van der Waals surface area (Å²) in [6, 6.07) is 121. The minimum Gasteiger partial charge on any atom is -0.399 e. The van der Waals surface area contributed by atoms with Gasteiger partial charge in [0, 0.05) is 82.9 Å². The van der Waals surface area contributed by atoms with Crippen molar-refractivity contribution in [3.63, 3.8) is 0 Å². The Morgan fingerprint density at radius 2 is 0.500 bits per heavy atom. The molecule has 19 rings (SSSR count). The molecule has 1 saturated heterocycles. The van der Waals surface area contributed by atoms with E-state index in [0.717, 1.165) is 143 Å². The van der Waals surface area contributed by atoms with Crippen molar-refractivity contribution in [3.05, 3.63) is 369 Å². The van der Waals surface area contributed by atoms with E-state index in [2.05, 4.69) is 321 Å². The van der Waals surface area contributed by atoms with Crippen LogP contribution >= 0.6 is 15.9 Å². The Morgan fingerprint density at radius 3 is 0.836 bits per heavy atom. The number of halogens is 1. The first kappa shape index (κ1) is 69.9. The molecule has 0 unspecified atom stereocenters. The maximum Gasteiger partial charge on any atom is 0.494 e. The molecule has 110 heavy (non-hydrogen) atoms. The third-order valence-corrected chi connectivity index (χ3v) is 21.1. The number of hydrogen-bond donors (Lipinski definition) is 0. The van der Waals surface area contributed by atoms with Crippen molar-refractivity contribution in [2.75, 3.05) is 0 Å². The fraction of sp³-hybridized carbons (Fsp3) is 0.0612. The first-order valence-electron chi connectivity index (χ1n) is 36.8. The van der Waals surface area contributed by atoms with Crippen molar-refractivity contribution in [1.29, 1.82) is 0 Å². The van der Waals surface area contributed by atoms with E-state index in [1.165, 1.54) is 22.3 Å². The molecule has 1 aliphatic heterocycles. The number of rotatable bonds is 12. The molecule has 0 amide bonds. The lowest BCUT2D eigenvalue weighted by atomic mass is 9.79. The van der Waals surface area contributed by atoms with E-state index in [4.69, 9.17) is 39.2 Å². The van der Waals surface area contributed by atoms with Crippen LogP contribution in [0.5, 0.6) is 0 Å². The average Bonchev–Trinajstić information content (AvgIpc) is 1.39. The van der Waals surface area contributed by atoms with E-state index in [0.29, 0.717) is 11.6 Å². The van der Waals surface area contributed by atoms with Crippen LogP contribution in [0.1, 0.15) is 27.7 Å². The highest BCUT2D eigenvalue weighted by Gasteiger charge is 2.51. The van der Waals surface area contributed by atoms with Gasteiger partial charge in [-0.3, -0.25) is 9.97 Å². The summed E-state index contributed by atoms with van der Waals surface area (Å²) in [5.74, 6) is 1.40. The first-order chi connectivity index (χ1) is 53.8. The molecule has 0 radical (unpaired) electrons. The molecule has 1 aliphatic rings. The van der Waals surface area contributed by atoms with Gasteiger partial charge in [-0.15, -0.1) is 0 Å². The van der Waals surface area contributed by atoms with Crippen LogP contribution in [0, 0.1) is 0 Å². The van der Waals surface area contributed by atoms with Gasteiger partial charge in [-0.25, -0.2) is 29.9 Å². The summed E-state index contributed by atoms with van der Waals surface area (Å²) in [4.78, 5) is 38.9. The molecule has 0 saturated carbocycles. The Bertz CT molecular complexity index is 6290. The zero-order valence-electron chi connectivity index (χ0n) is 61.0. The van der Waals surface area contributed by atoms with Crippen LogP contribution in [0.4, 0.5) is 0 Å². The van der Waals surface area contributed by atoms with Gasteiger partial charge in [-0.05, 0) is 115 Å². The molecule has 18 aromatic rings. The highest BCUT2D eigenvalue weighted by atomic mass is 79.9. The molecule has 0 spiro atoms. The largest absolute Gasteiger partial charge is 0.494 e. The van der Waals surface area contributed by atoms with Crippen LogP contribution in [-0.2, 0) is 9.31 Å². The Hall–Kier alpha value is -13.1. The van der Waals surface area contributed by atoms with E-state index < -0.39 is 7.12 Å². The third kappa shape index (κ3) is 15.0. The molecule has 0 bridgehead atoms. The summed E-state index contributed by atoms with van der Waals surface area (Å²) in [5.41, 5.74) is 24.7. The zero-order valence-corrected chi connectivity index (χ0v) is 62.6. The van der Waals surface area contributed by atoms with Gasteiger partial charge >= 0.3 is 7.12 Å².